The van der Waals surface area contributed by atoms with Crippen LogP contribution in [0, 0.1) is 5.92 Å². The maximum atomic E-state index is 12.6. The zero-order valence-corrected chi connectivity index (χ0v) is 11.8. The fourth-order valence-corrected chi connectivity index (χ4v) is 2.63. The summed E-state index contributed by atoms with van der Waals surface area (Å²) in [5, 5.41) is -0.152. The molecule has 2 heterocycles. The second kappa shape index (κ2) is 5.24. The molecule has 0 saturated carbocycles. The smallest absolute Gasteiger partial charge is 0.292 e. The molecule has 20 heavy (non-hydrogen) atoms. The summed E-state index contributed by atoms with van der Waals surface area (Å²) in [7, 11) is 0. The van der Waals surface area contributed by atoms with E-state index in [9.17, 15) is 18.0 Å². The summed E-state index contributed by atoms with van der Waals surface area (Å²) in [6.45, 7) is 3.91. The first kappa shape index (κ1) is 15.1. The first-order valence-electron chi connectivity index (χ1n) is 6.26. The van der Waals surface area contributed by atoms with Gasteiger partial charge in [0.05, 0.1) is 10.6 Å². The van der Waals surface area contributed by atoms with E-state index in [0.29, 0.717) is 19.0 Å². The van der Waals surface area contributed by atoms with E-state index in [1.807, 2.05) is 13.8 Å². The number of alkyl halides is 3. The third-order valence-electron chi connectivity index (χ3n) is 3.40. The van der Waals surface area contributed by atoms with E-state index in [-0.39, 0.29) is 28.7 Å². The molecule has 0 spiro atoms. The van der Waals surface area contributed by atoms with Crippen LogP contribution in [-0.4, -0.2) is 16.9 Å². The Kier molecular flexibility index (Phi) is 3.95. The lowest BCUT2D eigenvalue weighted by molar-refractivity contribution is -0.137. The number of aromatic nitrogens is 1. The number of carbonyl (C=O) groups excluding carboxylic acids is 1. The predicted molar refractivity (Wildman–Crippen MR) is 69.6 cm³/mol. The van der Waals surface area contributed by atoms with Gasteiger partial charge in [0.25, 0.3) is 0 Å². The van der Waals surface area contributed by atoms with E-state index < -0.39 is 11.7 Å². The number of amides is 1. The van der Waals surface area contributed by atoms with Crippen LogP contribution in [-0.2, 0) is 11.0 Å². The average molecular weight is 307 g/mol. The molecule has 2 rings (SSSR count). The summed E-state index contributed by atoms with van der Waals surface area (Å²) < 4.78 is 37.7. The maximum absolute atomic E-state index is 12.6. The van der Waals surface area contributed by atoms with Crippen molar-refractivity contribution in [3.63, 3.8) is 0 Å². The van der Waals surface area contributed by atoms with Crippen LogP contribution in [0.4, 0.5) is 19.0 Å². The van der Waals surface area contributed by atoms with Gasteiger partial charge in [-0.2, -0.15) is 13.2 Å². The molecule has 0 N–H and O–H groups in total. The normalized spacial score (nSPS) is 20.1. The summed E-state index contributed by atoms with van der Waals surface area (Å²) in [5.41, 5.74) is -0.918. The Hall–Kier alpha value is -1.30. The second-order valence-corrected chi connectivity index (χ2v) is 5.55. The van der Waals surface area contributed by atoms with Crippen LogP contribution >= 0.6 is 11.6 Å². The van der Waals surface area contributed by atoms with Crippen molar-refractivity contribution in [3.8, 4) is 0 Å². The van der Waals surface area contributed by atoms with Crippen molar-refractivity contribution in [1.29, 1.82) is 0 Å². The Balaban J connectivity index is 2.40. The van der Waals surface area contributed by atoms with Gasteiger partial charge in [0.1, 0.15) is 0 Å². The van der Waals surface area contributed by atoms with E-state index in [0.717, 1.165) is 6.07 Å². The minimum atomic E-state index is -4.50. The zero-order chi connectivity index (χ0) is 15.1. The fourth-order valence-electron chi connectivity index (χ4n) is 2.38. The molecular formula is C13H14ClF3N2O. The van der Waals surface area contributed by atoms with E-state index in [2.05, 4.69) is 4.98 Å². The van der Waals surface area contributed by atoms with Crippen LogP contribution in [0.5, 0.6) is 0 Å². The molecule has 1 aromatic heterocycles. The number of halogens is 4. The minimum Gasteiger partial charge on any atom is -0.292 e. The van der Waals surface area contributed by atoms with Gasteiger partial charge in [-0.1, -0.05) is 25.4 Å². The van der Waals surface area contributed by atoms with Crippen LogP contribution in [0.15, 0.2) is 12.3 Å². The highest BCUT2D eigenvalue weighted by Gasteiger charge is 2.37. The molecule has 3 nitrogen and oxygen atoms in total. The summed E-state index contributed by atoms with van der Waals surface area (Å²) in [6, 6.07) is 0.733. The zero-order valence-electron chi connectivity index (χ0n) is 11.0. The lowest BCUT2D eigenvalue weighted by Crippen LogP contribution is -2.37. The molecule has 110 valence electrons. The molecular weight excluding hydrogens is 293 g/mol. The van der Waals surface area contributed by atoms with Gasteiger partial charge in [-0.05, 0) is 18.4 Å². The Morgan fingerprint density at radius 2 is 2.10 bits per heavy atom. The fraction of sp³-hybridized carbons (Fsp3) is 0.538. The molecule has 1 saturated heterocycles. The average Bonchev–Trinajstić information content (AvgIpc) is 2.70. The molecule has 1 aliphatic rings. The molecule has 1 fully saturated rings. The van der Waals surface area contributed by atoms with Gasteiger partial charge in [0.2, 0.25) is 5.91 Å². The van der Waals surface area contributed by atoms with Crippen molar-refractivity contribution in [3.05, 3.63) is 22.8 Å². The van der Waals surface area contributed by atoms with Gasteiger partial charge in [-0.3, -0.25) is 9.69 Å². The maximum Gasteiger partial charge on any atom is 0.417 e. The third-order valence-corrected chi connectivity index (χ3v) is 3.68. The molecule has 7 heteroatoms. The molecule has 1 atom stereocenters. The number of hydrogen-bond acceptors (Lipinski definition) is 2. The molecule has 1 aromatic rings. The van der Waals surface area contributed by atoms with E-state index >= 15 is 0 Å². The van der Waals surface area contributed by atoms with Crippen LogP contribution < -0.4 is 4.90 Å². The van der Waals surface area contributed by atoms with Gasteiger partial charge in [0.15, 0.2) is 5.82 Å². The van der Waals surface area contributed by atoms with E-state index in [4.69, 9.17) is 11.6 Å². The minimum absolute atomic E-state index is 0.0794. The Morgan fingerprint density at radius 3 is 2.60 bits per heavy atom. The quantitative estimate of drug-likeness (QED) is 0.830. The van der Waals surface area contributed by atoms with Crippen molar-refractivity contribution in [1.82, 2.24) is 4.98 Å². The number of carbonyl (C=O) groups is 1. The van der Waals surface area contributed by atoms with E-state index in [1.54, 1.807) is 0 Å². The van der Waals surface area contributed by atoms with Crippen molar-refractivity contribution < 1.29 is 18.0 Å². The van der Waals surface area contributed by atoms with Crippen molar-refractivity contribution in [2.45, 2.75) is 38.9 Å². The van der Waals surface area contributed by atoms with Crippen molar-refractivity contribution >= 4 is 23.3 Å². The van der Waals surface area contributed by atoms with Crippen LogP contribution in [0.2, 0.25) is 5.02 Å². The summed E-state index contributed by atoms with van der Waals surface area (Å²) in [6.07, 6.45) is -2.76. The Bertz CT molecular complexity index is 531. The lowest BCUT2D eigenvalue weighted by Gasteiger charge is -2.27. The first-order chi connectivity index (χ1) is 9.21. The SMILES string of the molecule is CC(C)C1CCC(=O)N1c1ncc(C(F)(F)F)cc1Cl. The number of nitrogens with zero attached hydrogens (tertiary/aromatic N) is 2. The molecule has 0 bridgehead atoms. The van der Waals surface area contributed by atoms with Crippen molar-refractivity contribution in [2.24, 2.45) is 5.92 Å². The molecule has 1 aliphatic heterocycles. The molecule has 1 amide bonds. The van der Waals surface area contributed by atoms with Crippen molar-refractivity contribution in [2.75, 3.05) is 4.90 Å². The number of anilines is 1. The highest BCUT2D eigenvalue weighted by atomic mass is 35.5. The van der Waals surface area contributed by atoms with Gasteiger partial charge in [-0.15, -0.1) is 0 Å². The summed E-state index contributed by atoms with van der Waals surface area (Å²) >= 11 is 5.89. The highest BCUT2D eigenvalue weighted by molar-refractivity contribution is 6.33. The Labute approximate surface area is 119 Å². The summed E-state index contributed by atoms with van der Waals surface area (Å²) in [5.74, 6) is 0.139. The molecule has 0 aromatic carbocycles. The van der Waals surface area contributed by atoms with Gasteiger partial charge in [0, 0.05) is 18.7 Å². The van der Waals surface area contributed by atoms with Crippen LogP contribution in [0.1, 0.15) is 32.3 Å². The van der Waals surface area contributed by atoms with Crippen LogP contribution in [0.3, 0.4) is 0 Å². The second-order valence-electron chi connectivity index (χ2n) is 5.14. The van der Waals surface area contributed by atoms with Gasteiger partial charge < -0.3 is 0 Å². The lowest BCUT2D eigenvalue weighted by atomic mass is 10.0. The van der Waals surface area contributed by atoms with Gasteiger partial charge >= 0.3 is 6.18 Å². The van der Waals surface area contributed by atoms with Crippen LogP contribution in [0.25, 0.3) is 0 Å². The number of hydrogen-bond donors (Lipinski definition) is 0. The molecule has 0 aliphatic carbocycles. The molecule has 0 radical (unpaired) electrons. The molecule has 1 unspecified atom stereocenters. The Morgan fingerprint density at radius 1 is 1.45 bits per heavy atom. The largest absolute Gasteiger partial charge is 0.417 e. The number of rotatable bonds is 2. The standard InChI is InChI=1S/C13H14ClF3N2O/c1-7(2)10-3-4-11(20)19(10)12-9(14)5-8(6-18-12)13(15,16)17/h5-7,10H,3-4H2,1-2H3. The topological polar surface area (TPSA) is 33.2 Å². The predicted octanol–water partition coefficient (Wildman–Crippen LogP) is 3.91. The monoisotopic (exact) mass is 306 g/mol. The van der Waals surface area contributed by atoms with Gasteiger partial charge in [-0.25, -0.2) is 4.98 Å². The first-order valence-corrected chi connectivity index (χ1v) is 6.64. The van der Waals surface area contributed by atoms with E-state index in [1.165, 1.54) is 4.90 Å². The third kappa shape index (κ3) is 2.75. The number of pyridine rings is 1. The highest BCUT2D eigenvalue weighted by Crippen LogP contribution is 2.37. The summed E-state index contributed by atoms with van der Waals surface area (Å²) in [4.78, 5) is 17.1.